The van der Waals surface area contributed by atoms with Gasteiger partial charge in [0.15, 0.2) is 0 Å². The van der Waals surface area contributed by atoms with E-state index in [1.165, 1.54) is 0 Å². The second kappa shape index (κ2) is 12.6. The summed E-state index contributed by atoms with van der Waals surface area (Å²) in [7, 11) is 3.33. The van der Waals surface area contributed by atoms with E-state index < -0.39 is 0 Å². The maximum atomic E-state index is 10.0. The molecule has 222 valence electrons. The van der Waals surface area contributed by atoms with Crippen LogP contribution in [0.25, 0.3) is 24.3 Å². The van der Waals surface area contributed by atoms with Crippen molar-refractivity contribution in [3.63, 3.8) is 0 Å². The second-order valence-corrected chi connectivity index (χ2v) is 12.6. The molecule has 0 N–H and O–H groups in total. The molecule has 0 aliphatic carbocycles. The third-order valence-corrected chi connectivity index (χ3v) is 9.98. The maximum absolute atomic E-state index is 10.0. The van der Waals surface area contributed by atoms with Crippen molar-refractivity contribution in [3.05, 3.63) is 130 Å². The summed E-state index contributed by atoms with van der Waals surface area (Å²) in [4.78, 5) is 15.8. The fourth-order valence-electron chi connectivity index (χ4n) is 5.55. The molecule has 0 bridgehead atoms. The van der Waals surface area contributed by atoms with Gasteiger partial charge >= 0.3 is 0 Å². The lowest BCUT2D eigenvalue weighted by molar-refractivity contribution is 0.198. The number of nitrogens with zero attached hydrogens (tertiary/aromatic N) is 4. The number of anilines is 4. The van der Waals surface area contributed by atoms with Crippen LogP contribution in [0.3, 0.4) is 0 Å². The molecule has 2 aliphatic rings. The fraction of sp³-hybridized carbons (Fsp3) is 0.0526. The molecule has 6 nitrogen and oxygen atoms in total. The van der Waals surface area contributed by atoms with E-state index in [0.29, 0.717) is 22.3 Å². The van der Waals surface area contributed by atoms with Gasteiger partial charge in [0.1, 0.15) is 0 Å². The normalized spacial score (nSPS) is 13.1. The van der Waals surface area contributed by atoms with E-state index >= 15 is 0 Å². The van der Waals surface area contributed by atoms with Crippen LogP contribution in [0.5, 0.6) is 0 Å². The molecule has 0 radical (unpaired) electrons. The minimum atomic E-state index is 0.495. The number of hydrogen-bond donors (Lipinski definition) is 0. The first-order chi connectivity index (χ1) is 22.6. The van der Waals surface area contributed by atoms with E-state index in [2.05, 4.69) is 36.4 Å². The molecule has 0 unspecified atom stereocenters. The molecule has 0 saturated carbocycles. The average Bonchev–Trinajstić information content (AvgIpc) is 3.10. The van der Waals surface area contributed by atoms with Crippen molar-refractivity contribution >= 4 is 70.6 Å². The van der Waals surface area contributed by atoms with E-state index in [-0.39, 0.29) is 0 Å². The monoisotopic (exact) mass is 634 g/mol. The Bertz CT molecular complexity index is 1990. The molecule has 0 atom stereocenters. The maximum Gasteiger partial charge on any atom is 0.0998 e. The largest absolute Gasteiger partial charge is 0.272 e. The van der Waals surface area contributed by atoms with Gasteiger partial charge < -0.3 is 0 Å². The number of para-hydroxylation sites is 2. The molecule has 5 aromatic carbocycles. The van der Waals surface area contributed by atoms with Crippen molar-refractivity contribution in [2.24, 2.45) is 0 Å². The van der Waals surface area contributed by atoms with Gasteiger partial charge in [-0.2, -0.15) is 10.5 Å². The third-order valence-electron chi connectivity index (χ3n) is 7.75. The van der Waals surface area contributed by atoms with Gasteiger partial charge in [0.05, 0.1) is 60.2 Å². The molecule has 0 fully saturated rings. The first-order valence-corrected chi connectivity index (χ1v) is 16.1. The van der Waals surface area contributed by atoms with Gasteiger partial charge in [-0.3, -0.25) is 9.68 Å². The van der Waals surface area contributed by atoms with Crippen LogP contribution in [-0.4, -0.2) is 14.2 Å². The molecule has 7 rings (SSSR count). The van der Waals surface area contributed by atoms with E-state index in [0.717, 1.165) is 53.5 Å². The van der Waals surface area contributed by atoms with Crippen LogP contribution in [0, 0.1) is 22.7 Å². The fourth-order valence-corrected chi connectivity index (χ4v) is 7.73. The Morgan fingerprint density at radius 3 is 1.35 bits per heavy atom. The van der Waals surface area contributed by atoms with Crippen LogP contribution in [0.1, 0.15) is 33.4 Å². The molecule has 2 heterocycles. The van der Waals surface area contributed by atoms with Gasteiger partial charge in [-0.25, -0.2) is 10.1 Å². The van der Waals surface area contributed by atoms with Crippen molar-refractivity contribution in [3.8, 4) is 12.1 Å². The van der Waals surface area contributed by atoms with Crippen LogP contribution in [0.15, 0.2) is 117 Å². The van der Waals surface area contributed by atoms with Crippen molar-refractivity contribution in [2.75, 3.05) is 24.3 Å². The van der Waals surface area contributed by atoms with Gasteiger partial charge in [-0.1, -0.05) is 84.2 Å². The number of fused-ring (bicyclic) bond motifs is 4. The molecule has 46 heavy (non-hydrogen) atoms. The van der Waals surface area contributed by atoms with Crippen molar-refractivity contribution < 1.29 is 9.68 Å². The molecule has 0 saturated heterocycles. The molecular formula is C38H26N4O2S2. The number of benzene rings is 5. The summed E-state index contributed by atoms with van der Waals surface area (Å²) < 4.78 is 0. The summed E-state index contributed by atoms with van der Waals surface area (Å²) in [5.41, 5.74) is 8.30. The highest BCUT2D eigenvalue weighted by molar-refractivity contribution is 8.00. The zero-order chi connectivity index (χ0) is 31.6. The van der Waals surface area contributed by atoms with Crippen LogP contribution >= 0.6 is 23.5 Å². The number of nitriles is 2. The second-order valence-electron chi connectivity index (χ2n) is 10.5. The zero-order valence-corrected chi connectivity index (χ0v) is 26.6. The lowest BCUT2D eigenvalue weighted by atomic mass is 9.97. The average molecular weight is 635 g/mol. The van der Waals surface area contributed by atoms with E-state index in [1.54, 1.807) is 49.9 Å². The van der Waals surface area contributed by atoms with Crippen LogP contribution in [0.2, 0.25) is 0 Å². The van der Waals surface area contributed by atoms with Crippen molar-refractivity contribution in [1.82, 2.24) is 0 Å². The summed E-state index contributed by atoms with van der Waals surface area (Å²) in [5, 5.41) is 23.7. The molecular weight excluding hydrogens is 609 g/mol. The Morgan fingerprint density at radius 1 is 0.522 bits per heavy atom. The highest BCUT2D eigenvalue weighted by atomic mass is 32.2. The van der Waals surface area contributed by atoms with Crippen LogP contribution in [0.4, 0.5) is 22.7 Å². The van der Waals surface area contributed by atoms with Gasteiger partial charge in [0.25, 0.3) is 0 Å². The minimum Gasteiger partial charge on any atom is -0.272 e. The number of rotatable bonds is 6. The summed E-state index contributed by atoms with van der Waals surface area (Å²) in [5.74, 6) is 0. The van der Waals surface area contributed by atoms with Gasteiger partial charge in [-0.15, -0.1) is 0 Å². The van der Waals surface area contributed by atoms with E-state index in [1.807, 2.05) is 95.1 Å². The van der Waals surface area contributed by atoms with Gasteiger partial charge in [0, 0.05) is 19.6 Å². The van der Waals surface area contributed by atoms with Crippen LogP contribution in [-0.2, 0) is 9.68 Å². The lowest BCUT2D eigenvalue weighted by Gasteiger charge is -2.30. The molecule has 0 amide bonds. The Balaban J connectivity index is 1.15. The first kappa shape index (κ1) is 29.5. The topological polar surface area (TPSA) is 72.5 Å². The van der Waals surface area contributed by atoms with E-state index in [9.17, 15) is 10.5 Å². The summed E-state index contributed by atoms with van der Waals surface area (Å²) in [6.07, 6.45) is 7.73. The zero-order valence-electron chi connectivity index (χ0n) is 25.0. The van der Waals surface area contributed by atoms with Crippen molar-refractivity contribution in [1.29, 1.82) is 10.5 Å². The summed E-state index contributed by atoms with van der Waals surface area (Å²) in [6.45, 7) is 0. The molecule has 2 aliphatic heterocycles. The van der Waals surface area contributed by atoms with E-state index in [4.69, 9.17) is 9.68 Å². The minimum absolute atomic E-state index is 0.495. The Kier molecular flexibility index (Phi) is 8.11. The summed E-state index contributed by atoms with van der Waals surface area (Å²) in [6, 6.07) is 36.8. The Hall–Kier alpha value is -5.22. The predicted molar refractivity (Wildman–Crippen MR) is 186 cm³/mol. The van der Waals surface area contributed by atoms with Crippen LogP contribution < -0.4 is 10.1 Å². The first-order valence-electron chi connectivity index (χ1n) is 14.4. The molecule has 5 aromatic rings. The lowest BCUT2D eigenvalue weighted by Crippen LogP contribution is -2.18. The van der Waals surface area contributed by atoms with Crippen molar-refractivity contribution in [2.45, 2.75) is 19.6 Å². The number of hydrogen-bond acceptors (Lipinski definition) is 8. The highest BCUT2D eigenvalue weighted by Gasteiger charge is 2.24. The molecule has 0 aromatic heterocycles. The predicted octanol–water partition coefficient (Wildman–Crippen LogP) is 10.1. The summed E-state index contributed by atoms with van der Waals surface area (Å²) >= 11 is 3.39. The quantitative estimate of drug-likeness (QED) is 0.171. The standard InChI is InChI=1S/C38H26N4O2S2/c1-43-41-31-7-3-5-9-35(31)45-37-19-25(13-17-33(37)41)11-15-27-21-30(24-40)28(22-29(27)23-39)16-12-26-14-18-34-38(20-26)46-36-10-6-4-8-32(36)42(34)44-2/h3-22H,1-2H3/b15-11+,16-12+. The highest BCUT2D eigenvalue weighted by Crippen LogP contribution is 2.49. The molecule has 8 heteroatoms. The van der Waals surface area contributed by atoms with Gasteiger partial charge in [0.2, 0.25) is 0 Å². The molecule has 0 spiro atoms. The Morgan fingerprint density at radius 2 is 0.935 bits per heavy atom. The SMILES string of the molecule is CON1c2ccccc2Sc2cc(/C=C/c3cc(C#N)c(/C=C/c4ccc5c(c4)Sc4ccccc4N5OC)cc3C#N)ccc21. The Labute approximate surface area is 276 Å². The third kappa shape index (κ3) is 5.45. The smallest absolute Gasteiger partial charge is 0.0998 e. The van der Waals surface area contributed by atoms with Gasteiger partial charge in [-0.05, 0) is 82.9 Å².